The molecule has 0 fully saturated rings. The smallest absolute Gasteiger partial charge is 0.0379 e. The molecule has 0 aliphatic rings. The molecule has 0 saturated carbocycles. The molecule has 0 aliphatic carbocycles. The van der Waals surface area contributed by atoms with Gasteiger partial charge in [-0.3, -0.25) is 0 Å². The third-order valence-corrected chi connectivity index (χ3v) is 3.33. The summed E-state index contributed by atoms with van der Waals surface area (Å²) in [6.45, 7) is 0. The Hall–Kier alpha value is -2.80. The monoisotopic (exact) mass is 271 g/mol. The minimum Gasteiger partial charge on any atom is -0.361 e. The molecule has 0 saturated heterocycles. The lowest BCUT2D eigenvalue weighted by molar-refractivity contribution is 1.51. The highest BCUT2D eigenvalue weighted by atomic mass is 14.8. The fourth-order valence-electron chi connectivity index (χ4n) is 2.26. The van der Waals surface area contributed by atoms with Crippen molar-refractivity contribution >= 4 is 11.3 Å². The normalized spacial score (nSPS) is 9.90. The average molecular weight is 271 g/mol. The first kappa shape index (κ1) is 13.2. The zero-order chi connectivity index (χ0) is 14.3. The van der Waals surface area contributed by atoms with E-state index in [0.717, 1.165) is 5.69 Å². The Balaban J connectivity index is 1.97. The summed E-state index contributed by atoms with van der Waals surface area (Å²) in [5.74, 6) is 0. The highest BCUT2D eigenvalue weighted by Gasteiger charge is 2.03. The van der Waals surface area contributed by atoms with Crippen molar-refractivity contribution in [3.05, 3.63) is 108 Å². The van der Waals surface area contributed by atoms with Crippen molar-refractivity contribution in [3.63, 3.8) is 0 Å². The van der Waals surface area contributed by atoms with Crippen molar-refractivity contribution in [1.29, 1.82) is 0 Å². The van der Waals surface area contributed by atoms with Gasteiger partial charge in [-0.15, -0.1) is 0 Å². The molecule has 3 rings (SSSR count). The van der Waals surface area contributed by atoms with Crippen LogP contribution in [0.4, 0.5) is 5.69 Å². The van der Waals surface area contributed by atoms with Gasteiger partial charge < -0.3 is 5.32 Å². The van der Waals surface area contributed by atoms with Crippen molar-refractivity contribution < 1.29 is 0 Å². The molecule has 0 atom stereocenters. The molecule has 0 bridgehead atoms. The highest BCUT2D eigenvalue weighted by Crippen LogP contribution is 2.23. The first-order valence-corrected chi connectivity index (χ1v) is 7.06. The second-order valence-corrected chi connectivity index (χ2v) is 4.80. The third-order valence-electron chi connectivity index (χ3n) is 3.33. The topological polar surface area (TPSA) is 12.0 Å². The van der Waals surface area contributed by atoms with Crippen LogP contribution in [0.1, 0.15) is 11.1 Å². The molecule has 0 amide bonds. The lowest BCUT2D eigenvalue weighted by atomic mass is 9.99. The maximum atomic E-state index is 3.38. The largest absolute Gasteiger partial charge is 0.361 e. The SMILES string of the molecule is C(Nc1ccccc1)=C(c1ccccc1)c1ccccc1. The van der Waals surface area contributed by atoms with E-state index >= 15 is 0 Å². The zero-order valence-corrected chi connectivity index (χ0v) is 11.7. The van der Waals surface area contributed by atoms with E-state index in [9.17, 15) is 0 Å². The van der Waals surface area contributed by atoms with Gasteiger partial charge in [0.2, 0.25) is 0 Å². The van der Waals surface area contributed by atoms with Crippen LogP contribution < -0.4 is 5.32 Å². The summed E-state index contributed by atoms with van der Waals surface area (Å²) < 4.78 is 0. The molecular weight excluding hydrogens is 254 g/mol. The maximum absolute atomic E-state index is 3.38. The van der Waals surface area contributed by atoms with Gasteiger partial charge in [0.15, 0.2) is 0 Å². The van der Waals surface area contributed by atoms with Gasteiger partial charge in [-0.05, 0) is 23.3 Å². The van der Waals surface area contributed by atoms with Crippen LogP contribution >= 0.6 is 0 Å². The standard InChI is InChI=1S/C20H17N/c1-4-10-17(11-5-1)20(18-12-6-2-7-13-18)16-21-19-14-8-3-9-15-19/h1-16,21H. The first-order valence-electron chi connectivity index (χ1n) is 7.06. The summed E-state index contributed by atoms with van der Waals surface area (Å²) in [7, 11) is 0. The summed E-state index contributed by atoms with van der Waals surface area (Å²) in [6.07, 6.45) is 2.07. The second-order valence-electron chi connectivity index (χ2n) is 4.80. The molecule has 0 aliphatic heterocycles. The van der Waals surface area contributed by atoms with Crippen LogP contribution in [0.25, 0.3) is 5.57 Å². The van der Waals surface area contributed by atoms with Crippen molar-refractivity contribution in [3.8, 4) is 0 Å². The Morgan fingerprint density at radius 3 is 1.48 bits per heavy atom. The number of anilines is 1. The molecule has 3 aromatic rings. The Kier molecular flexibility index (Phi) is 4.13. The third kappa shape index (κ3) is 3.40. The fourth-order valence-corrected chi connectivity index (χ4v) is 2.26. The molecule has 21 heavy (non-hydrogen) atoms. The minimum atomic E-state index is 1.09. The highest BCUT2D eigenvalue weighted by molar-refractivity contribution is 5.81. The van der Waals surface area contributed by atoms with E-state index in [0.29, 0.717) is 0 Å². The number of hydrogen-bond acceptors (Lipinski definition) is 1. The zero-order valence-electron chi connectivity index (χ0n) is 11.7. The number of rotatable bonds is 4. The van der Waals surface area contributed by atoms with E-state index < -0.39 is 0 Å². The minimum absolute atomic E-state index is 1.09. The van der Waals surface area contributed by atoms with E-state index in [1.807, 2.05) is 30.3 Å². The Morgan fingerprint density at radius 1 is 0.571 bits per heavy atom. The summed E-state index contributed by atoms with van der Waals surface area (Å²) >= 11 is 0. The van der Waals surface area contributed by atoms with Crippen LogP contribution in [0.2, 0.25) is 0 Å². The maximum Gasteiger partial charge on any atom is 0.0379 e. The summed E-state index contributed by atoms with van der Waals surface area (Å²) in [6, 6.07) is 31.0. The van der Waals surface area contributed by atoms with Crippen molar-refractivity contribution in [2.75, 3.05) is 5.32 Å². The van der Waals surface area contributed by atoms with Gasteiger partial charge in [-0.1, -0.05) is 78.9 Å². The Bertz CT molecular complexity index is 659. The van der Waals surface area contributed by atoms with Crippen LogP contribution in [-0.2, 0) is 0 Å². The fraction of sp³-hybridized carbons (Fsp3) is 0. The van der Waals surface area contributed by atoms with Gasteiger partial charge >= 0.3 is 0 Å². The molecular formula is C20H17N. The predicted octanol–water partition coefficient (Wildman–Crippen LogP) is 5.19. The summed E-state index contributed by atoms with van der Waals surface area (Å²) in [5, 5.41) is 3.38. The Labute approximate surface area is 125 Å². The van der Waals surface area contributed by atoms with Crippen LogP contribution in [0, 0.1) is 0 Å². The lowest BCUT2D eigenvalue weighted by Gasteiger charge is -2.10. The predicted molar refractivity (Wildman–Crippen MR) is 90.0 cm³/mol. The van der Waals surface area contributed by atoms with E-state index in [4.69, 9.17) is 0 Å². The number of hydrogen-bond donors (Lipinski definition) is 1. The molecule has 0 spiro atoms. The molecule has 1 nitrogen and oxygen atoms in total. The molecule has 1 heteroatoms. The van der Waals surface area contributed by atoms with Gasteiger partial charge in [-0.2, -0.15) is 0 Å². The van der Waals surface area contributed by atoms with Crippen molar-refractivity contribution in [1.82, 2.24) is 0 Å². The van der Waals surface area contributed by atoms with Crippen LogP contribution in [0.5, 0.6) is 0 Å². The molecule has 102 valence electrons. The van der Waals surface area contributed by atoms with Gasteiger partial charge in [0.05, 0.1) is 0 Å². The average Bonchev–Trinajstić information content (AvgIpc) is 2.58. The lowest BCUT2D eigenvalue weighted by Crippen LogP contribution is -1.94. The van der Waals surface area contributed by atoms with Gasteiger partial charge in [-0.25, -0.2) is 0 Å². The van der Waals surface area contributed by atoms with E-state index in [1.165, 1.54) is 16.7 Å². The van der Waals surface area contributed by atoms with E-state index in [-0.39, 0.29) is 0 Å². The van der Waals surface area contributed by atoms with Crippen molar-refractivity contribution in [2.24, 2.45) is 0 Å². The molecule has 1 N–H and O–H groups in total. The van der Waals surface area contributed by atoms with Crippen LogP contribution in [0.3, 0.4) is 0 Å². The van der Waals surface area contributed by atoms with E-state index in [2.05, 4.69) is 72.2 Å². The number of benzene rings is 3. The number of para-hydroxylation sites is 1. The quantitative estimate of drug-likeness (QED) is 0.688. The van der Waals surface area contributed by atoms with Gasteiger partial charge in [0, 0.05) is 17.5 Å². The molecule has 0 radical (unpaired) electrons. The van der Waals surface area contributed by atoms with Crippen molar-refractivity contribution in [2.45, 2.75) is 0 Å². The van der Waals surface area contributed by atoms with Crippen LogP contribution in [-0.4, -0.2) is 0 Å². The molecule has 0 heterocycles. The summed E-state index contributed by atoms with van der Waals surface area (Å²) in [4.78, 5) is 0. The summed E-state index contributed by atoms with van der Waals surface area (Å²) in [5.41, 5.74) is 4.67. The molecule has 0 aromatic heterocycles. The van der Waals surface area contributed by atoms with Gasteiger partial charge in [0.1, 0.15) is 0 Å². The first-order chi connectivity index (χ1) is 10.4. The van der Waals surface area contributed by atoms with Crippen LogP contribution in [0.15, 0.2) is 97.2 Å². The van der Waals surface area contributed by atoms with E-state index in [1.54, 1.807) is 0 Å². The molecule has 3 aromatic carbocycles. The van der Waals surface area contributed by atoms with Gasteiger partial charge in [0.25, 0.3) is 0 Å². The number of nitrogens with one attached hydrogen (secondary N) is 1. The Morgan fingerprint density at radius 2 is 1.00 bits per heavy atom. The molecule has 0 unspecified atom stereocenters. The second kappa shape index (κ2) is 6.58.